The summed E-state index contributed by atoms with van der Waals surface area (Å²) < 4.78 is 0. The van der Waals surface area contributed by atoms with Crippen LogP contribution in [0.1, 0.15) is 44.7 Å². The quantitative estimate of drug-likeness (QED) is 0.817. The first-order chi connectivity index (χ1) is 8.85. The fourth-order valence-electron chi connectivity index (χ4n) is 2.52. The fourth-order valence-corrected chi connectivity index (χ4v) is 2.52. The first kappa shape index (κ1) is 12.8. The van der Waals surface area contributed by atoms with E-state index in [-0.39, 0.29) is 0 Å². The Morgan fingerprint density at radius 3 is 2.94 bits per heavy atom. The molecule has 0 spiro atoms. The summed E-state index contributed by atoms with van der Waals surface area (Å²) in [6, 6.07) is 6.70. The van der Waals surface area contributed by atoms with Crippen LogP contribution in [0.15, 0.2) is 12.1 Å². The Balaban J connectivity index is 2.10. The molecule has 1 aromatic rings. The van der Waals surface area contributed by atoms with Gasteiger partial charge >= 0.3 is 0 Å². The predicted molar refractivity (Wildman–Crippen MR) is 71.2 cm³/mol. The molecule has 0 aliphatic carbocycles. The Hall–Kier alpha value is -1.63. The molecule has 0 amide bonds. The van der Waals surface area contributed by atoms with E-state index in [9.17, 15) is 0 Å². The molecule has 2 heterocycles. The Kier molecular flexibility index (Phi) is 4.52. The molecule has 1 unspecified atom stereocenters. The predicted octanol–water partition coefficient (Wildman–Crippen LogP) is 2.70. The van der Waals surface area contributed by atoms with Crippen molar-refractivity contribution in [1.29, 1.82) is 5.26 Å². The maximum absolute atomic E-state index is 8.88. The number of rotatable bonds is 4. The van der Waals surface area contributed by atoms with E-state index in [1.165, 1.54) is 12.8 Å². The van der Waals surface area contributed by atoms with Crippen LogP contribution in [0, 0.1) is 11.3 Å². The number of hydrogen-bond donors (Lipinski definition) is 0. The van der Waals surface area contributed by atoms with E-state index in [1.807, 2.05) is 6.07 Å². The normalized spacial score (nSPS) is 19.6. The summed E-state index contributed by atoms with van der Waals surface area (Å²) in [6.07, 6.45) is 6.14. The van der Waals surface area contributed by atoms with Crippen LogP contribution in [0.25, 0.3) is 0 Å². The molecule has 1 aliphatic heterocycles. The Labute approximate surface area is 109 Å². The second-order valence-corrected chi connectivity index (χ2v) is 4.84. The third kappa shape index (κ3) is 2.98. The molecule has 18 heavy (non-hydrogen) atoms. The van der Waals surface area contributed by atoms with Gasteiger partial charge in [0, 0.05) is 12.6 Å². The SMILES string of the molecule is CCCc1ccc(N2CCCCC2CC#N)nn1. The van der Waals surface area contributed by atoms with Crippen molar-refractivity contribution in [2.75, 3.05) is 11.4 Å². The van der Waals surface area contributed by atoms with Gasteiger partial charge in [0.05, 0.1) is 18.2 Å². The lowest BCUT2D eigenvalue weighted by molar-refractivity contribution is 0.459. The molecule has 1 aliphatic rings. The lowest BCUT2D eigenvalue weighted by Gasteiger charge is -2.35. The van der Waals surface area contributed by atoms with E-state index in [0.29, 0.717) is 12.5 Å². The zero-order valence-electron chi connectivity index (χ0n) is 11.0. The standard InChI is InChI=1S/C14H20N4/c1-2-5-12-7-8-14(17-16-12)18-11-4-3-6-13(18)9-10-15/h7-8,13H,2-6,9,11H2,1H3. The molecule has 0 aromatic carbocycles. The molecular formula is C14H20N4. The molecule has 1 atom stereocenters. The van der Waals surface area contributed by atoms with Gasteiger partial charge in [-0.25, -0.2) is 0 Å². The minimum Gasteiger partial charge on any atom is -0.351 e. The Morgan fingerprint density at radius 1 is 1.39 bits per heavy atom. The van der Waals surface area contributed by atoms with Gasteiger partial charge in [0.2, 0.25) is 0 Å². The summed E-state index contributed by atoms with van der Waals surface area (Å²) in [5.41, 5.74) is 1.05. The molecule has 96 valence electrons. The molecule has 4 nitrogen and oxygen atoms in total. The van der Waals surface area contributed by atoms with E-state index in [2.05, 4.69) is 34.2 Å². The average molecular weight is 244 g/mol. The molecular weight excluding hydrogens is 224 g/mol. The van der Waals surface area contributed by atoms with Gasteiger partial charge < -0.3 is 4.90 Å². The van der Waals surface area contributed by atoms with Crippen LogP contribution >= 0.6 is 0 Å². The third-order valence-corrected chi connectivity index (χ3v) is 3.46. The minimum absolute atomic E-state index is 0.315. The van der Waals surface area contributed by atoms with E-state index < -0.39 is 0 Å². The van der Waals surface area contributed by atoms with Crippen LogP contribution in [0.2, 0.25) is 0 Å². The summed E-state index contributed by atoms with van der Waals surface area (Å²) in [6.45, 7) is 3.14. The molecule has 2 rings (SSSR count). The number of hydrogen-bond acceptors (Lipinski definition) is 4. The Bertz CT molecular complexity index is 407. The van der Waals surface area contributed by atoms with E-state index in [4.69, 9.17) is 5.26 Å². The first-order valence-corrected chi connectivity index (χ1v) is 6.81. The van der Waals surface area contributed by atoms with Crippen molar-refractivity contribution in [2.24, 2.45) is 0 Å². The summed E-state index contributed by atoms with van der Waals surface area (Å²) >= 11 is 0. The lowest BCUT2D eigenvalue weighted by atomic mass is 10.00. The van der Waals surface area contributed by atoms with Crippen molar-refractivity contribution < 1.29 is 0 Å². The maximum atomic E-state index is 8.88. The number of aromatic nitrogens is 2. The summed E-state index contributed by atoms with van der Waals surface area (Å²) in [7, 11) is 0. The lowest BCUT2D eigenvalue weighted by Crippen LogP contribution is -2.40. The topological polar surface area (TPSA) is 52.8 Å². The van der Waals surface area contributed by atoms with Crippen LogP contribution in [0.5, 0.6) is 0 Å². The molecule has 0 radical (unpaired) electrons. The van der Waals surface area contributed by atoms with Crippen molar-refractivity contribution in [2.45, 2.75) is 51.5 Å². The van der Waals surface area contributed by atoms with Crippen LogP contribution in [0.3, 0.4) is 0 Å². The van der Waals surface area contributed by atoms with Crippen molar-refractivity contribution in [1.82, 2.24) is 10.2 Å². The highest BCUT2D eigenvalue weighted by atomic mass is 15.3. The smallest absolute Gasteiger partial charge is 0.151 e. The number of aryl methyl sites for hydroxylation is 1. The van der Waals surface area contributed by atoms with E-state index >= 15 is 0 Å². The summed E-state index contributed by atoms with van der Waals surface area (Å²) in [5, 5.41) is 17.5. The highest BCUT2D eigenvalue weighted by Crippen LogP contribution is 2.24. The van der Waals surface area contributed by atoms with Gasteiger partial charge in [0.25, 0.3) is 0 Å². The van der Waals surface area contributed by atoms with Gasteiger partial charge in [-0.1, -0.05) is 13.3 Å². The van der Waals surface area contributed by atoms with Crippen LogP contribution in [-0.2, 0) is 6.42 Å². The molecule has 0 saturated carbocycles. The van der Waals surface area contributed by atoms with Gasteiger partial charge in [-0.2, -0.15) is 10.4 Å². The second-order valence-electron chi connectivity index (χ2n) is 4.84. The van der Waals surface area contributed by atoms with Gasteiger partial charge in [0.15, 0.2) is 5.82 Å². The molecule has 1 saturated heterocycles. The Morgan fingerprint density at radius 2 is 2.28 bits per heavy atom. The van der Waals surface area contributed by atoms with Gasteiger partial charge in [-0.15, -0.1) is 5.10 Å². The highest BCUT2D eigenvalue weighted by molar-refractivity contribution is 5.39. The second kappa shape index (κ2) is 6.34. The maximum Gasteiger partial charge on any atom is 0.151 e. The van der Waals surface area contributed by atoms with Crippen LogP contribution in [-0.4, -0.2) is 22.8 Å². The third-order valence-electron chi connectivity index (χ3n) is 3.46. The zero-order chi connectivity index (χ0) is 12.8. The molecule has 1 aromatic heterocycles. The van der Waals surface area contributed by atoms with Crippen molar-refractivity contribution in [3.8, 4) is 6.07 Å². The van der Waals surface area contributed by atoms with Crippen LogP contribution < -0.4 is 4.90 Å². The largest absolute Gasteiger partial charge is 0.351 e. The number of anilines is 1. The molecule has 0 N–H and O–H groups in total. The minimum atomic E-state index is 0.315. The molecule has 0 bridgehead atoms. The van der Waals surface area contributed by atoms with Crippen molar-refractivity contribution >= 4 is 5.82 Å². The van der Waals surface area contributed by atoms with Gasteiger partial charge in [-0.3, -0.25) is 0 Å². The molecule has 1 fully saturated rings. The van der Waals surface area contributed by atoms with Crippen LogP contribution in [0.4, 0.5) is 5.82 Å². The van der Waals surface area contributed by atoms with Crippen molar-refractivity contribution in [3.63, 3.8) is 0 Å². The summed E-state index contributed by atoms with van der Waals surface area (Å²) in [5.74, 6) is 0.926. The summed E-state index contributed by atoms with van der Waals surface area (Å²) in [4.78, 5) is 2.25. The van der Waals surface area contributed by atoms with E-state index in [0.717, 1.165) is 37.3 Å². The number of piperidine rings is 1. The van der Waals surface area contributed by atoms with Gasteiger partial charge in [-0.05, 0) is 37.8 Å². The highest BCUT2D eigenvalue weighted by Gasteiger charge is 2.23. The average Bonchev–Trinajstić information content (AvgIpc) is 2.41. The van der Waals surface area contributed by atoms with Crippen molar-refractivity contribution in [3.05, 3.63) is 17.8 Å². The monoisotopic (exact) mass is 244 g/mol. The first-order valence-electron chi connectivity index (χ1n) is 6.81. The van der Waals surface area contributed by atoms with E-state index in [1.54, 1.807) is 0 Å². The number of nitriles is 1. The molecule has 4 heteroatoms. The fraction of sp³-hybridized carbons (Fsp3) is 0.643. The number of nitrogens with zero attached hydrogens (tertiary/aromatic N) is 4. The zero-order valence-corrected chi connectivity index (χ0v) is 11.0. The van der Waals surface area contributed by atoms with Gasteiger partial charge in [0.1, 0.15) is 0 Å².